The lowest BCUT2D eigenvalue weighted by molar-refractivity contribution is 0.366. The molecule has 0 saturated carbocycles. The number of unbranched alkanes of at least 4 members (excludes halogenated alkanes) is 21. The fourth-order valence-corrected chi connectivity index (χ4v) is 5.35. The number of hydrogen-bond donors (Lipinski definition) is 0. The quantitative estimate of drug-likeness (QED) is 0.0746. The lowest BCUT2D eigenvalue weighted by Gasteiger charge is -2.17. The summed E-state index contributed by atoms with van der Waals surface area (Å²) in [6.07, 6.45) is 45.5. The molecule has 202 valence electrons. The van der Waals surface area contributed by atoms with E-state index in [4.69, 9.17) is 0 Å². The molecule has 1 unspecified atom stereocenters. The zero-order chi connectivity index (χ0) is 24.8. The van der Waals surface area contributed by atoms with Crippen molar-refractivity contribution in [2.24, 2.45) is 5.92 Å². The highest BCUT2D eigenvalue weighted by Crippen LogP contribution is 2.25. The lowest BCUT2D eigenvalue weighted by Crippen LogP contribution is -2.01. The number of rotatable bonds is 29. The average molecular weight is 475 g/mol. The molecule has 0 rings (SSSR count). The molecule has 0 radical (unpaired) electrons. The van der Waals surface area contributed by atoms with Gasteiger partial charge in [-0.25, -0.2) is 0 Å². The molecule has 34 heavy (non-hydrogen) atoms. The van der Waals surface area contributed by atoms with Crippen molar-refractivity contribution >= 4 is 0 Å². The van der Waals surface area contributed by atoms with E-state index >= 15 is 0 Å². The van der Waals surface area contributed by atoms with E-state index in [-0.39, 0.29) is 0 Å². The fraction of sp³-hybridized carbons (Fsp3) is 0.882. The smallest absolute Gasteiger partial charge is 0.0351 e. The molecule has 0 aromatic heterocycles. The van der Waals surface area contributed by atoms with E-state index in [1.165, 1.54) is 173 Å². The summed E-state index contributed by atoms with van der Waals surface area (Å²) in [6, 6.07) is 0. The van der Waals surface area contributed by atoms with Gasteiger partial charge in [0.05, 0.1) is 0 Å². The first-order valence-corrected chi connectivity index (χ1v) is 16.1. The van der Waals surface area contributed by atoms with Gasteiger partial charge in [0.1, 0.15) is 0 Å². The molecular weight excluding hydrogens is 408 g/mol. The van der Waals surface area contributed by atoms with Crippen LogP contribution in [0.5, 0.6) is 0 Å². The van der Waals surface area contributed by atoms with Crippen LogP contribution < -0.4 is 0 Å². The fourth-order valence-electron chi connectivity index (χ4n) is 5.35. The van der Waals surface area contributed by atoms with E-state index in [1.54, 1.807) is 0 Å². The van der Waals surface area contributed by atoms with Crippen LogP contribution in [-0.4, -0.2) is 0 Å². The van der Waals surface area contributed by atoms with Gasteiger partial charge >= 0.3 is 0 Å². The molecule has 0 nitrogen and oxygen atoms in total. The Labute approximate surface area is 217 Å². The second kappa shape index (κ2) is 30.5. The van der Waals surface area contributed by atoms with Gasteiger partial charge in [0.25, 0.3) is 0 Å². The van der Waals surface area contributed by atoms with Gasteiger partial charge in [0.15, 0.2) is 0 Å². The molecule has 0 aromatic rings. The van der Waals surface area contributed by atoms with E-state index in [1.807, 2.05) is 0 Å². The van der Waals surface area contributed by atoms with Crippen molar-refractivity contribution < 1.29 is 0 Å². The van der Waals surface area contributed by atoms with Crippen LogP contribution in [0, 0.1) is 5.92 Å². The maximum atomic E-state index is 3.86. The van der Waals surface area contributed by atoms with Gasteiger partial charge in [-0.1, -0.05) is 173 Å². The molecule has 0 aliphatic heterocycles. The Kier molecular flexibility index (Phi) is 30.0. The predicted molar refractivity (Wildman–Crippen MR) is 159 cm³/mol. The van der Waals surface area contributed by atoms with Crippen LogP contribution in [0.2, 0.25) is 0 Å². The van der Waals surface area contributed by atoms with E-state index in [0.717, 1.165) is 5.92 Å². The molecule has 0 aliphatic carbocycles. The summed E-state index contributed by atoms with van der Waals surface area (Å²) in [7, 11) is 0. The van der Waals surface area contributed by atoms with Crippen molar-refractivity contribution in [2.75, 3.05) is 0 Å². The van der Waals surface area contributed by atoms with Gasteiger partial charge in [-0.05, 0) is 38.5 Å². The van der Waals surface area contributed by atoms with Crippen molar-refractivity contribution in [3.05, 3.63) is 24.8 Å². The SMILES string of the molecule is C=CCCCCCCC(CCCCCCCCC)CCCCCCCCCCCCCC=CC. The normalized spacial score (nSPS) is 12.5. The average Bonchev–Trinajstić information content (AvgIpc) is 2.85. The highest BCUT2D eigenvalue weighted by Gasteiger charge is 2.08. The third-order valence-electron chi connectivity index (χ3n) is 7.71. The van der Waals surface area contributed by atoms with Crippen molar-refractivity contribution in [3.8, 4) is 0 Å². The summed E-state index contributed by atoms with van der Waals surface area (Å²) in [4.78, 5) is 0. The zero-order valence-corrected chi connectivity index (χ0v) is 24.1. The van der Waals surface area contributed by atoms with Crippen molar-refractivity contribution in [3.63, 3.8) is 0 Å². The molecule has 0 aromatic carbocycles. The summed E-state index contributed by atoms with van der Waals surface area (Å²) in [6.45, 7) is 8.30. The lowest BCUT2D eigenvalue weighted by atomic mass is 9.89. The van der Waals surface area contributed by atoms with Crippen LogP contribution in [0.3, 0.4) is 0 Å². The topological polar surface area (TPSA) is 0 Å². The standard InChI is InChI=1S/C34H66/c1-4-7-10-13-16-17-18-19-20-21-22-24-27-30-33-34(31-28-25-15-12-9-6-3)32-29-26-23-14-11-8-5-2/h4,6-7,34H,3,5,8-33H2,1-2H3. The molecule has 0 heteroatoms. The Morgan fingerprint density at radius 1 is 0.471 bits per heavy atom. The van der Waals surface area contributed by atoms with Crippen LogP contribution in [0.1, 0.15) is 187 Å². The Hall–Kier alpha value is -0.520. The van der Waals surface area contributed by atoms with Crippen LogP contribution >= 0.6 is 0 Å². The minimum absolute atomic E-state index is 1.02. The van der Waals surface area contributed by atoms with Gasteiger partial charge < -0.3 is 0 Å². The monoisotopic (exact) mass is 475 g/mol. The maximum absolute atomic E-state index is 3.86. The van der Waals surface area contributed by atoms with E-state index < -0.39 is 0 Å². The summed E-state index contributed by atoms with van der Waals surface area (Å²) >= 11 is 0. The Morgan fingerprint density at radius 2 is 0.824 bits per heavy atom. The number of allylic oxidation sites excluding steroid dienone is 3. The van der Waals surface area contributed by atoms with Crippen molar-refractivity contribution in [1.82, 2.24) is 0 Å². The largest absolute Gasteiger partial charge is 0.103 e. The van der Waals surface area contributed by atoms with Crippen molar-refractivity contribution in [1.29, 1.82) is 0 Å². The molecule has 0 saturated heterocycles. The summed E-state index contributed by atoms with van der Waals surface area (Å²) in [5, 5.41) is 0. The zero-order valence-electron chi connectivity index (χ0n) is 24.1. The molecule has 1 atom stereocenters. The van der Waals surface area contributed by atoms with Crippen LogP contribution in [0.25, 0.3) is 0 Å². The second-order valence-corrected chi connectivity index (χ2v) is 11.1. The third kappa shape index (κ3) is 27.7. The molecule has 0 aliphatic rings. The third-order valence-corrected chi connectivity index (χ3v) is 7.71. The minimum atomic E-state index is 1.02. The molecule has 0 bridgehead atoms. The first kappa shape index (κ1) is 33.5. The van der Waals surface area contributed by atoms with Gasteiger partial charge in [-0.3, -0.25) is 0 Å². The highest BCUT2D eigenvalue weighted by atomic mass is 14.1. The van der Waals surface area contributed by atoms with E-state index in [0.29, 0.717) is 0 Å². The van der Waals surface area contributed by atoms with Crippen LogP contribution in [0.4, 0.5) is 0 Å². The Bertz CT molecular complexity index is 393. The molecular formula is C34H66. The molecule has 0 N–H and O–H groups in total. The molecule has 0 spiro atoms. The van der Waals surface area contributed by atoms with E-state index in [9.17, 15) is 0 Å². The minimum Gasteiger partial charge on any atom is -0.103 e. The van der Waals surface area contributed by atoms with Crippen molar-refractivity contribution in [2.45, 2.75) is 187 Å². The van der Waals surface area contributed by atoms with Crippen LogP contribution in [0.15, 0.2) is 24.8 Å². The first-order chi connectivity index (χ1) is 16.8. The predicted octanol–water partition coefficient (Wildman–Crippen LogP) is 12.9. The van der Waals surface area contributed by atoms with Gasteiger partial charge in [-0.15, -0.1) is 6.58 Å². The maximum Gasteiger partial charge on any atom is -0.0351 e. The summed E-state index contributed by atoms with van der Waals surface area (Å²) < 4.78 is 0. The van der Waals surface area contributed by atoms with Gasteiger partial charge in [0.2, 0.25) is 0 Å². The van der Waals surface area contributed by atoms with E-state index in [2.05, 4.69) is 38.7 Å². The Balaban J connectivity index is 3.72. The summed E-state index contributed by atoms with van der Waals surface area (Å²) in [5.41, 5.74) is 0. The Morgan fingerprint density at radius 3 is 1.21 bits per heavy atom. The van der Waals surface area contributed by atoms with Crippen LogP contribution in [-0.2, 0) is 0 Å². The molecule has 0 amide bonds. The number of hydrogen-bond acceptors (Lipinski definition) is 0. The first-order valence-electron chi connectivity index (χ1n) is 16.1. The summed E-state index contributed by atoms with van der Waals surface area (Å²) in [5.74, 6) is 1.02. The van der Waals surface area contributed by atoms with Gasteiger partial charge in [0, 0.05) is 0 Å². The molecule has 0 heterocycles. The molecule has 0 fully saturated rings. The van der Waals surface area contributed by atoms with Gasteiger partial charge in [-0.2, -0.15) is 0 Å². The second-order valence-electron chi connectivity index (χ2n) is 11.1. The highest BCUT2D eigenvalue weighted by molar-refractivity contribution is 4.76.